The highest BCUT2D eigenvalue weighted by Gasteiger charge is 2.56. The van der Waals surface area contributed by atoms with Crippen molar-refractivity contribution in [3.63, 3.8) is 0 Å². The lowest BCUT2D eigenvalue weighted by molar-refractivity contribution is -0.143. The van der Waals surface area contributed by atoms with Gasteiger partial charge in [-0.15, -0.1) is 23.1 Å². The molecule has 7 nitrogen and oxygen atoms in total. The van der Waals surface area contributed by atoms with Crippen LogP contribution in [0.3, 0.4) is 0 Å². The second kappa shape index (κ2) is 6.81. The Bertz CT molecular complexity index is 731. The largest absolute Gasteiger partial charge is 0.468 e. The highest BCUT2D eigenvalue weighted by molar-refractivity contribution is 8.01. The molecule has 134 valence electrons. The molecule has 2 aliphatic rings. The summed E-state index contributed by atoms with van der Waals surface area (Å²) in [6.07, 6.45) is 0.629. The maximum Gasteiger partial charge on any atom is 0.323 e. The second-order valence-corrected chi connectivity index (χ2v) is 7.92. The topological polar surface area (TPSA) is 87.2 Å². The Balaban J connectivity index is 1.94. The molecule has 1 aromatic heterocycles. The summed E-state index contributed by atoms with van der Waals surface area (Å²) in [7, 11) is 1.28. The first kappa shape index (κ1) is 18.0. The second-order valence-electron chi connectivity index (χ2n) is 5.77. The van der Waals surface area contributed by atoms with Crippen LogP contribution in [0.15, 0.2) is 29.3 Å². The number of rotatable bonds is 4. The van der Waals surface area contributed by atoms with Crippen LogP contribution < -0.4 is 4.90 Å². The average Bonchev–Trinajstić information content (AvgIpc) is 3.10. The molecule has 0 aliphatic carbocycles. The highest BCUT2D eigenvalue weighted by Crippen LogP contribution is 2.45. The summed E-state index contributed by atoms with van der Waals surface area (Å²) in [4.78, 5) is 39.8. The molecule has 1 N–H and O–H groups in total. The van der Waals surface area contributed by atoms with Gasteiger partial charge in [0, 0.05) is 13.1 Å². The van der Waals surface area contributed by atoms with E-state index in [1.54, 1.807) is 6.07 Å². The predicted octanol–water partition coefficient (Wildman–Crippen LogP) is 1.19. The van der Waals surface area contributed by atoms with Crippen LogP contribution in [0.5, 0.6) is 0 Å². The zero-order valence-electron chi connectivity index (χ0n) is 13.9. The van der Waals surface area contributed by atoms with Crippen molar-refractivity contribution in [1.29, 1.82) is 0 Å². The van der Waals surface area contributed by atoms with E-state index in [2.05, 4.69) is 0 Å². The Kier molecular flexibility index (Phi) is 4.90. The number of methoxy groups -OCH3 is 1. The van der Waals surface area contributed by atoms with E-state index >= 15 is 0 Å². The van der Waals surface area contributed by atoms with E-state index in [0.29, 0.717) is 10.6 Å². The lowest BCUT2D eigenvalue weighted by atomic mass is 10.0. The van der Waals surface area contributed by atoms with Crippen molar-refractivity contribution in [2.75, 3.05) is 12.0 Å². The summed E-state index contributed by atoms with van der Waals surface area (Å²) >= 11 is 2.59. The first-order chi connectivity index (χ1) is 11.9. The van der Waals surface area contributed by atoms with Crippen molar-refractivity contribution in [2.45, 2.75) is 36.6 Å². The monoisotopic (exact) mass is 382 g/mol. The molecule has 4 atom stereocenters. The number of anilines is 1. The fourth-order valence-electron chi connectivity index (χ4n) is 2.95. The van der Waals surface area contributed by atoms with Gasteiger partial charge < -0.3 is 14.7 Å². The number of nitrogens with zero attached hydrogens (tertiary/aromatic N) is 2. The van der Waals surface area contributed by atoms with Crippen molar-refractivity contribution in [1.82, 2.24) is 4.90 Å². The molecule has 0 aromatic carbocycles. The van der Waals surface area contributed by atoms with E-state index in [4.69, 9.17) is 4.74 Å². The Hall–Kier alpha value is -1.84. The summed E-state index contributed by atoms with van der Waals surface area (Å²) in [6.45, 7) is 2.95. The average molecular weight is 382 g/mol. The molecule has 3 unspecified atom stereocenters. The minimum Gasteiger partial charge on any atom is -0.468 e. The van der Waals surface area contributed by atoms with E-state index in [-0.39, 0.29) is 11.8 Å². The van der Waals surface area contributed by atoms with Crippen molar-refractivity contribution < 1.29 is 24.2 Å². The number of aliphatic hydroxyl groups excluding tert-OH is 1. The van der Waals surface area contributed by atoms with E-state index in [0.717, 1.165) is 0 Å². The van der Waals surface area contributed by atoms with Gasteiger partial charge in [0.05, 0.1) is 18.2 Å². The van der Waals surface area contributed by atoms with Gasteiger partial charge >= 0.3 is 5.97 Å². The third kappa shape index (κ3) is 2.96. The number of esters is 1. The third-order valence-electron chi connectivity index (χ3n) is 4.18. The van der Waals surface area contributed by atoms with Crippen molar-refractivity contribution in [3.8, 4) is 0 Å². The van der Waals surface area contributed by atoms with E-state index < -0.39 is 28.7 Å². The lowest BCUT2D eigenvalue weighted by Gasteiger charge is -2.52. The number of amides is 2. The smallest absolute Gasteiger partial charge is 0.323 e. The zero-order valence-corrected chi connectivity index (χ0v) is 15.5. The van der Waals surface area contributed by atoms with Crippen molar-refractivity contribution >= 4 is 45.9 Å². The van der Waals surface area contributed by atoms with Crippen molar-refractivity contribution in [3.05, 3.63) is 29.3 Å². The minimum absolute atomic E-state index is 0.234. The van der Waals surface area contributed by atoms with Gasteiger partial charge in [-0.05, 0) is 30.0 Å². The molecule has 3 rings (SSSR count). The van der Waals surface area contributed by atoms with Crippen LogP contribution in [0, 0.1) is 0 Å². The number of hydrogen-bond acceptors (Lipinski definition) is 7. The van der Waals surface area contributed by atoms with Crippen LogP contribution in [0.2, 0.25) is 0 Å². The number of hydrogen-bond donors (Lipinski definition) is 1. The molecule has 1 saturated heterocycles. The fraction of sp³-hybridized carbons (Fsp3) is 0.438. The molecule has 0 bridgehead atoms. The normalized spacial score (nSPS) is 26.2. The Labute approximate surface area is 153 Å². The highest BCUT2D eigenvalue weighted by atomic mass is 32.2. The van der Waals surface area contributed by atoms with Gasteiger partial charge in [0.25, 0.3) is 5.91 Å². The number of aliphatic hydroxyl groups is 1. The molecule has 25 heavy (non-hydrogen) atoms. The zero-order chi connectivity index (χ0) is 18.3. The van der Waals surface area contributed by atoms with Crippen LogP contribution in [0.1, 0.15) is 13.8 Å². The molecular formula is C16H18N2O5S2. The number of thioether (sulfide) groups is 1. The molecular weight excluding hydrogens is 364 g/mol. The Morgan fingerprint density at radius 1 is 1.44 bits per heavy atom. The number of thiophene rings is 1. The quantitative estimate of drug-likeness (QED) is 0.622. The maximum atomic E-state index is 12.6. The summed E-state index contributed by atoms with van der Waals surface area (Å²) < 4.78 is 4.83. The number of carbonyl (C=O) groups is 3. The summed E-state index contributed by atoms with van der Waals surface area (Å²) in [5, 5.41) is 11.3. The Morgan fingerprint density at radius 3 is 2.68 bits per heavy atom. The molecule has 2 amide bonds. The molecule has 3 heterocycles. The fourth-order valence-corrected chi connectivity index (χ4v) is 5.35. The Morgan fingerprint density at radius 2 is 2.16 bits per heavy atom. The molecule has 2 aliphatic heterocycles. The van der Waals surface area contributed by atoms with Crippen LogP contribution >= 0.6 is 23.1 Å². The maximum absolute atomic E-state index is 12.6. The van der Waals surface area contributed by atoms with Gasteiger partial charge in [0.15, 0.2) is 0 Å². The third-order valence-corrected chi connectivity index (χ3v) is 6.54. The summed E-state index contributed by atoms with van der Waals surface area (Å²) in [5.74, 6) is -0.955. The van der Waals surface area contributed by atoms with Crippen LogP contribution in [-0.2, 0) is 19.1 Å². The minimum atomic E-state index is -0.884. The lowest BCUT2D eigenvalue weighted by Crippen LogP contribution is -2.70. The summed E-state index contributed by atoms with van der Waals surface area (Å²) in [6, 6.07) is 2.91. The molecule has 0 saturated carbocycles. The predicted molar refractivity (Wildman–Crippen MR) is 95.1 cm³/mol. The van der Waals surface area contributed by atoms with Gasteiger partial charge in [-0.3, -0.25) is 19.3 Å². The van der Waals surface area contributed by atoms with Gasteiger partial charge in [-0.2, -0.15) is 0 Å². The van der Waals surface area contributed by atoms with Crippen molar-refractivity contribution in [2.24, 2.45) is 0 Å². The number of fused-ring (bicyclic) bond motifs is 1. The molecule has 1 aromatic rings. The number of β-lactam (4-membered cyclic amide) rings is 1. The first-order valence-corrected chi connectivity index (χ1v) is 9.47. The van der Waals surface area contributed by atoms with Gasteiger partial charge in [-0.1, -0.05) is 0 Å². The van der Waals surface area contributed by atoms with E-state index in [1.165, 1.54) is 60.1 Å². The van der Waals surface area contributed by atoms with E-state index in [9.17, 15) is 19.5 Å². The molecule has 0 radical (unpaired) electrons. The van der Waals surface area contributed by atoms with Crippen LogP contribution in [0.25, 0.3) is 0 Å². The standard InChI is InChI=1S/C16H18N2O5S2/c1-8(19)10-7-17-14(21)12(15(17)25-13(10)16(22)23-3)18(9(2)20)11-5-4-6-24-11/h4-8,12-13,15,19H,1-3H3/t8?,12?,13?,15-/m1/s1. The van der Waals surface area contributed by atoms with Crippen LogP contribution in [-0.4, -0.2) is 57.7 Å². The van der Waals surface area contributed by atoms with Gasteiger partial charge in [0.1, 0.15) is 16.7 Å². The van der Waals surface area contributed by atoms with Crippen LogP contribution in [0.4, 0.5) is 5.00 Å². The first-order valence-electron chi connectivity index (χ1n) is 7.65. The number of ether oxygens (including phenoxy) is 1. The molecule has 0 spiro atoms. The SMILES string of the molecule is COC(=O)C1S[C@@H]2C(N(C(C)=O)c3cccs3)C(=O)N2C=C1C(C)O. The van der Waals surface area contributed by atoms with Gasteiger partial charge in [0.2, 0.25) is 5.91 Å². The molecule has 9 heteroatoms. The van der Waals surface area contributed by atoms with E-state index in [1.807, 2.05) is 11.4 Å². The van der Waals surface area contributed by atoms with Gasteiger partial charge in [-0.25, -0.2) is 0 Å². The molecule has 1 fully saturated rings. The number of carbonyl (C=O) groups excluding carboxylic acids is 3. The summed E-state index contributed by atoms with van der Waals surface area (Å²) in [5.41, 5.74) is 0.422.